The quantitative estimate of drug-likeness (QED) is 0.769. The van der Waals surface area contributed by atoms with E-state index in [-0.39, 0.29) is 11.8 Å². The summed E-state index contributed by atoms with van der Waals surface area (Å²) in [5, 5.41) is 0. The molecule has 0 unspecified atom stereocenters. The highest BCUT2D eigenvalue weighted by atomic mass is 32.2. The first-order chi connectivity index (χ1) is 8.83. The van der Waals surface area contributed by atoms with Crippen LogP contribution in [-0.2, 0) is 9.84 Å². The van der Waals surface area contributed by atoms with Gasteiger partial charge in [0.2, 0.25) is 0 Å². The lowest BCUT2D eigenvalue weighted by molar-refractivity contribution is 0.294. The lowest BCUT2D eigenvalue weighted by Crippen LogP contribution is -2.09. The van der Waals surface area contributed by atoms with Crippen LogP contribution in [0.15, 0.2) is 18.2 Å². The molecule has 0 saturated carbocycles. The Morgan fingerprint density at radius 1 is 1.32 bits per heavy atom. The number of methoxy groups -OCH3 is 1. The monoisotopic (exact) mass is 287 g/mol. The molecule has 0 bridgehead atoms. The molecule has 1 atom stereocenters. The van der Waals surface area contributed by atoms with Crippen molar-refractivity contribution in [1.29, 1.82) is 0 Å². The van der Waals surface area contributed by atoms with Crippen molar-refractivity contribution in [2.24, 2.45) is 5.73 Å². The molecule has 19 heavy (non-hydrogen) atoms. The van der Waals surface area contributed by atoms with E-state index in [2.05, 4.69) is 0 Å². The Morgan fingerprint density at radius 2 is 2.00 bits per heavy atom. The lowest BCUT2D eigenvalue weighted by Gasteiger charge is -2.13. The van der Waals surface area contributed by atoms with Gasteiger partial charge < -0.3 is 15.2 Å². The summed E-state index contributed by atoms with van der Waals surface area (Å²) < 4.78 is 32.7. The van der Waals surface area contributed by atoms with Crippen LogP contribution in [-0.4, -0.2) is 34.1 Å². The van der Waals surface area contributed by atoms with Crippen molar-refractivity contribution < 1.29 is 17.9 Å². The molecule has 5 nitrogen and oxygen atoms in total. The van der Waals surface area contributed by atoms with Gasteiger partial charge in [-0.3, -0.25) is 0 Å². The summed E-state index contributed by atoms with van der Waals surface area (Å²) in [5.74, 6) is 1.32. The molecule has 0 radical (unpaired) electrons. The molecule has 0 aliphatic heterocycles. The average Bonchev–Trinajstić information content (AvgIpc) is 2.33. The molecule has 108 valence electrons. The van der Waals surface area contributed by atoms with Crippen LogP contribution in [0.4, 0.5) is 0 Å². The lowest BCUT2D eigenvalue weighted by atomic mass is 10.1. The standard InChI is InChI=1S/C13H21NO4S/c1-10(14)11-5-6-12(13(9-11)17-2)18-7-4-8-19(3,15)16/h5-6,9-10H,4,7-8,14H2,1-3H3/t10-/m0/s1. The molecule has 1 aromatic carbocycles. The van der Waals surface area contributed by atoms with E-state index < -0.39 is 9.84 Å². The average molecular weight is 287 g/mol. The van der Waals surface area contributed by atoms with Crippen LogP contribution in [0.1, 0.15) is 24.9 Å². The highest BCUT2D eigenvalue weighted by molar-refractivity contribution is 7.90. The number of hydrogen-bond acceptors (Lipinski definition) is 5. The molecule has 0 saturated heterocycles. The maximum atomic E-state index is 11.0. The number of nitrogens with two attached hydrogens (primary N) is 1. The van der Waals surface area contributed by atoms with Gasteiger partial charge in [-0.1, -0.05) is 6.07 Å². The molecular weight excluding hydrogens is 266 g/mol. The Labute approximate surface area is 114 Å². The van der Waals surface area contributed by atoms with Gasteiger partial charge in [0.15, 0.2) is 11.5 Å². The van der Waals surface area contributed by atoms with Crippen LogP contribution in [0.5, 0.6) is 11.5 Å². The topological polar surface area (TPSA) is 78.6 Å². The van der Waals surface area contributed by atoms with Gasteiger partial charge in [-0.2, -0.15) is 0 Å². The van der Waals surface area contributed by atoms with Gasteiger partial charge in [-0.25, -0.2) is 8.42 Å². The molecule has 0 aliphatic rings. The van der Waals surface area contributed by atoms with Crippen molar-refractivity contribution in [2.75, 3.05) is 25.7 Å². The summed E-state index contributed by atoms with van der Waals surface area (Å²) >= 11 is 0. The Hall–Kier alpha value is -1.27. The molecule has 0 aliphatic carbocycles. The Morgan fingerprint density at radius 3 is 2.53 bits per heavy atom. The molecule has 0 fully saturated rings. The number of benzene rings is 1. The Kier molecular flexibility index (Phi) is 5.62. The first-order valence-electron chi connectivity index (χ1n) is 6.07. The van der Waals surface area contributed by atoms with Crippen molar-refractivity contribution in [3.05, 3.63) is 23.8 Å². The second-order valence-corrected chi connectivity index (χ2v) is 6.79. The van der Waals surface area contributed by atoms with Crippen LogP contribution in [0.2, 0.25) is 0 Å². The Bertz CT molecular complexity index is 511. The Balaban J connectivity index is 2.63. The van der Waals surface area contributed by atoms with E-state index >= 15 is 0 Å². The van der Waals surface area contributed by atoms with E-state index in [1.54, 1.807) is 13.2 Å². The maximum absolute atomic E-state index is 11.0. The molecule has 1 rings (SSSR count). The summed E-state index contributed by atoms with van der Waals surface area (Å²) in [5.41, 5.74) is 6.75. The van der Waals surface area contributed by atoms with Crippen molar-refractivity contribution in [2.45, 2.75) is 19.4 Å². The van der Waals surface area contributed by atoms with Crippen LogP contribution < -0.4 is 15.2 Å². The normalized spacial score (nSPS) is 13.1. The molecule has 0 amide bonds. The van der Waals surface area contributed by atoms with E-state index in [0.717, 1.165) is 5.56 Å². The van der Waals surface area contributed by atoms with Crippen LogP contribution in [0.25, 0.3) is 0 Å². The third-order valence-electron chi connectivity index (χ3n) is 2.63. The predicted octanol–water partition coefficient (Wildman–Crippen LogP) is 1.53. The van der Waals surface area contributed by atoms with Crippen LogP contribution in [0.3, 0.4) is 0 Å². The van der Waals surface area contributed by atoms with E-state index in [0.29, 0.717) is 24.5 Å². The first kappa shape index (κ1) is 15.8. The molecular formula is C13H21NO4S. The minimum Gasteiger partial charge on any atom is -0.493 e. The molecule has 0 aromatic heterocycles. The fraction of sp³-hybridized carbons (Fsp3) is 0.538. The van der Waals surface area contributed by atoms with Gasteiger partial charge in [0.25, 0.3) is 0 Å². The van der Waals surface area contributed by atoms with Crippen molar-refractivity contribution in [3.63, 3.8) is 0 Å². The second kappa shape index (κ2) is 6.77. The second-order valence-electron chi connectivity index (χ2n) is 4.53. The minimum absolute atomic E-state index is 0.0758. The van der Waals surface area contributed by atoms with Gasteiger partial charge in [0, 0.05) is 12.3 Å². The van der Waals surface area contributed by atoms with Gasteiger partial charge in [-0.05, 0) is 31.0 Å². The van der Waals surface area contributed by atoms with Crippen LogP contribution >= 0.6 is 0 Å². The number of hydrogen-bond donors (Lipinski definition) is 1. The van der Waals surface area contributed by atoms with Gasteiger partial charge in [0.05, 0.1) is 19.5 Å². The molecule has 0 spiro atoms. The zero-order valence-corrected chi connectivity index (χ0v) is 12.4. The zero-order valence-electron chi connectivity index (χ0n) is 11.5. The number of ether oxygens (including phenoxy) is 2. The molecule has 6 heteroatoms. The van der Waals surface area contributed by atoms with Crippen LogP contribution in [0, 0.1) is 0 Å². The molecule has 2 N–H and O–H groups in total. The molecule has 1 aromatic rings. The summed E-state index contributed by atoms with van der Waals surface area (Å²) in [4.78, 5) is 0. The smallest absolute Gasteiger partial charge is 0.161 e. The fourth-order valence-electron chi connectivity index (χ4n) is 1.59. The van der Waals surface area contributed by atoms with Crippen molar-refractivity contribution in [1.82, 2.24) is 0 Å². The van der Waals surface area contributed by atoms with E-state index in [1.807, 2.05) is 19.1 Å². The highest BCUT2D eigenvalue weighted by Gasteiger charge is 2.08. The third-order valence-corrected chi connectivity index (χ3v) is 3.66. The molecule has 0 heterocycles. The zero-order chi connectivity index (χ0) is 14.5. The van der Waals surface area contributed by atoms with Gasteiger partial charge in [0.1, 0.15) is 9.84 Å². The summed E-state index contributed by atoms with van der Waals surface area (Å²) in [6.07, 6.45) is 1.67. The van der Waals surface area contributed by atoms with Gasteiger partial charge >= 0.3 is 0 Å². The summed E-state index contributed by atoms with van der Waals surface area (Å²) in [6.45, 7) is 2.22. The van der Waals surface area contributed by atoms with Crippen molar-refractivity contribution >= 4 is 9.84 Å². The number of sulfone groups is 1. The largest absolute Gasteiger partial charge is 0.493 e. The SMILES string of the molecule is COc1cc([C@H](C)N)ccc1OCCCS(C)(=O)=O. The summed E-state index contributed by atoms with van der Waals surface area (Å²) in [7, 11) is -1.38. The summed E-state index contributed by atoms with van der Waals surface area (Å²) in [6, 6.07) is 5.42. The number of rotatable bonds is 7. The van der Waals surface area contributed by atoms with E-state index in [9.17, 15) is 8.42 Å². The predicted molar refractivity (Wildman–Crippen MR) is 75.4 cm³/mol. The van der Waals surface area contributed by atoms with Gasteiger partial charge in [-0.15, -0.1) is 0 Å². The first-order valence-corrected chi connectivity index (χ1v) is 8.13. The minimum atomic E-state index is -2.94. The highest BCUT2D eigenvalue weighted by Crippen LogP contribution is 2.29. The van der Waals surface area contributed by atoms with E-state index in [4.69, 9.17) is 15.2 Å². The maximum Gasteiger partial charge on any atom is 0.161 e. The van der Waals surface area contributed by atoms with Crippen molar-refractivity contribution in [3.8, 4) is 11.5 Å². The fourth-order valence-corrected chi connectivity index (χ4v) is 2.23. The van der Waals surface area contributed by atoms with E-state index in [1.165, 1.54) is 6.26 Å². The third kappa shape index (κ3) is 5.48.